The van der Waals surface area contributed by atoms with Gasteiger partial charge in [-0.1, -0.05) is 20.8 Å². The summed E-state index contributed by atoms with van der Waals surface area (Å²) in [6.07, 6.45) is 0. The fourth-order valence-electron chi connectivity index (χ4n) is 1.32. The fourth-order valence-corrected chi connectivity index (χ4v) is 1.32. The van der Waals surface area contributed by atoms with Crippen LogP contribution < -0.4 is 5.32 Å². The van der Waals surface area contributed by atoms with Crippen molar-refractivity contribution in [2.24, 2.45) is 5.41 Å². The van der Waals surface area contributed by atoms with Crippen molar-refractivity contribution >= 4 is 0 Å². The third kappa shape index (κ3) is 4.79. The summed E-state index contributed by atoms with van der Waals surface area (Å²) in [6.45, 7) is 7.81. The van der Waals surface area contributed by atoms with Crippen LogP contribution in [0, 0.1) is 11.2 Å². The van der Waals surface area contributed by atoms with Crippen LogP contribution in [0.3, 0.4) is 0 Å². The summed E-state index contributed by atoms with van der Waals surface area (Å²) in [5.74, 6) is -0.426. The molecule has 1 aromatic rings. The van der Waals surface area contributed by atoms with E-state index in [-0.39, 0.29) is 11.2 Å². The van der Waals surface area contributed by atoms with Gasteiger partial charge in [0, 0.05) is 19.2 Å². The maximum atomic E-state index is 12.9. The van der Waals surface area contributed by atoms with E-state index in [1.807, 2.05) is 0 Å². The fraction of sp³-hybridized carbons (Fsp3) is 0.500. The molecule has 0 saturated heterocycles. The van der Waals surface area contributed by atoms with E-state index >= 15 is 0 Å². The summed E-state index contributed by atoms with van der Waals surface area (Å²) >= 11 is 0. The van der Waals surface area contributed by atoms with Crippen molar-refractivity contribution in [3.63, 3.8) is 0 Å². The first-order valence-electron chi connectivity index (χ1n) is 5.06. The molecule has 84 valence electrons. The molecule has 1 rings (SSSR count). The van der Waals surface area contributed by atoms with E-state index in [4.69, 9.17) is 0 Å². The first kappa shape index (κ1) is 12.0. The molecular formula is C12H18FNO. The lowest BCUT2D eigenvalue weighted by Crippen LogP contribution is -2.26. The Morgan fingerprint density at radius 2 is 1.93 bits per heavy atom. The molecule has 2 N–H and O–H groups in total. The van der Waals surface area contributed by atoms with E-state index in [0.29, 0.717) is 6.54 Å². The molecule has 0 aliphatic rings. The highest BCUT2D eigenvalue weighted by atomic mass is 19.1. The van der Waals surface area contributed by atoms with Gasteiger partial charge >= 0.3 is 0 Å². The quantitative estimate of drug-likeness (QED) is 0.805. The molecule has 0 amide bonds. The first-order chi connectivity index (χ1) is 6.87. The minimum absolute atomic E-state index is 0.0254. The molecule has 1 aromatic carbocycles. The SMILES string of the molecule is CC(C)(C)CNCc1cc(O)cc(F)c1. The van der Waals surface area contributed by atoms with Crippen molar-refractivity contribution in [1.82, 2.24) is 5.32 Å². The van der Waals surface area contributed by atoms with Gasteiger partial charge in [-0.15, -0.1) is 0 Å². The van der Waals surface area contributed by atoms with Crippen molar-refractivity contribution in [2.45, 2.75) is 27.3 Å². The number of hydrogen-bond acceptors (Lipinski definition) is 2. The Balaban J connectivity index is 2.51. The van der Waals surface area contributed by atoms with Crippen LogP contribution in [-0.2, 0) is 6.54 Å². The van der Waals surface area contributed by atoms with E-state index in [9.17, 15) is 9.50 Å². The van der Waals surface area contributed by atoms with Crippen molar-refractivity contribution in [2.75, 3.05) is 6.54 Å². The standard InChI is InChI=1S/C12H18FNO/c1-12(2,3)8-14-7-9-4-10(13)6-11(15)5-9/h4-6,14-15H,7-8H2,1-3H3. The highest BCUT2D eigenvalue weighted by Gasteiger charge is 2.09. The summed E-state index contributed by atoms with van der Waals surface area (Å²) in [4.78, 5) is 0. The first-order valence-corrected chi connectivity index (χ1v) is 5.06. The van der Waals surface area contributed by atoms with Crippen LogP contribution in [0.5, 0.6) is 5.75 Å². The Morgan fingerprint density at radius 3 is 2.47 bits per heavy atom. The molecule has 0 saturated carbocycles. The number of aromatic hydroxyl groups is 1. The van der Waals surface area contributed by atoms with Gasteiger partial charge < -0.3 is 10.4 Å². The van der Waals surface area contributed by atoms with Gasteiger partial charge in [0.05, 0.1) is 0 Å². The number of halogens is 1. The number of hydrogen-bond donors (Lipinski definition) is 2. The Hall–Kier alpha value is -1.09. The average Bonchev–Trinajstić information content (AvgIpc) is 1.99. The van der Waals surface area contributed by atoms with E-state index in [1.165, 1.54) is 6.07 Å². The molecule has 0 aromatic heterocycles. The highest BCUT2D eigenvalue weighted by Crippen LogP contribution is 2.15. The summed E-state index contributed by atoms with van der Waals surface area (Å²) < 4.78 is 12.9. The van der Waals surface area contributed by atoms with Gasteiger partial charge in [-0.3, -0.25) is 0 Å². The van der Waals surface area contributed by atoms with Gasteiger partial charge in [-0.05, 0) is 23.1 Å². The molecule has 0 aliphatic heterocycles. The number of nitrogens with one attached hydrogen (secondary N) is 1. The van der Waals surface area contributed by atoms with Gasteiger partial charge in [0.25, 0.3) is 0 Å². The summed E-state index contributed by atoms with van der Waals surface area (Å²) in [5.41, 5.74) is 0.965. The van der Waals surface area contributed by atoms with Crippen molar-refractivity contribution in [1.29, 1.82) is 0 Å². The molecule has 2 nitrogen and oxygen atoms in total. The monoisotopic (exact) mass is 211 g/mol. The molecule has 3 heteroatoms. The van der Waals surface area contributed by atoms with Crippen molar-refractivity contribution < 1.29 is 9.50 Å². The lowest BCUT2D eigenvalue weighted by molar-refractivity contribution is 0.379. The normalized spacial score (nSPS) is 11.7. The maximum absolute atomic E-state index is 12.9. The highest BCUT2D eigenvalue weighted by molar-refractivity contribution is 5.28. The zero-order chi connectivity index (χ0) is 11.5. The molecule has 15 heavy (non-hydrogen) atoms. The van der Waals surface area contributed by atoms with Gasteiger partial charge in [-0.25, -0.2) is 4.39 Å². The van der Waals surface area contributed by atoms with E-state index in [1.54, 1.807) is 6.07 Å². The topological polar surface area (TPSA) is 32.3 Å². The molecule has 0 atom stereocenters. The Morgan fingerprint density at radius 1 is 1.27 bits per heavy atom. The Kier molecular flexibility index (Phi) is 3.69. The largest absolute Gasteiger partial charge is 0.508 e. The lowest BCUT2D eigenvalue weighted by Gasteiger charge is -2.18. The molecule has 0 radical (unpaired) electrons. The second kappa shape index (κ2) is 4.62. The van der Waals surface area contributed by atoms with Crippen molar-refractivity contribution in [3.05, 3.63) is 29.6 Å². The maximum Gasteiger partial charge on any atom is 0.127 e. The van der Waals surface area contributed by atoms with Crippen LogP contribution in [0.1, 0.15) is 26.3 Å². The zero-order valence-corrected chi connectivity index (χ0v) is 9.47. The average molecular weight is 211 g/mol. The van der Waals surface area contributed by atoms with Crippen LogP contribution in [0.4, 0.5) is 4.39 Å². The number of phenolic OH excluding ortho intramolecular Hbond substituents is 1. The third-order valence-corrected chi connectivity index (χ3v) is 1.93. The van der Waals surface area contributed by atoms with E-state index < -0.39 is 5.82 Å². The van der Waals surface area contributed by atoms with Crippen molar-refractivity contribution in [3.8, 4) is 5.75 Å². The Bertz CT molecular complexity index is 311. The van der Waals surface area contributed by atoms with E-state index in [2.05, 4.69) is 26.1 Å². The predicted molar refractivity (Wildman–Crippen MR) is 59.2 cm³/mol. The predicted octanol–water partition coefficient (Wildman–Crippen LogP) is 2.67. The van der Waals surface area contributed by atoms with E-state index in [0.717, 1.165) is 18.2 Å². The van der Waals surface area contributed by atoms with Gasteiger partial charge in [-0.2, -0.15) is 0 Å². The molecule has 0 bridgehead atoms. The summed E-state index contributed by atoms with van der Waals surface area (Å²) in [5, 5.41) is 12.4. The van der Waals surface area contributed by atoms with Gasteiger partial charge in [0.1, 0.15) is 11.6 Å². The number of rotatable bonds is 3. The van der Waals surface area contributed by atoms with Gasteiger partial charge in [0.15, 0.2) is 0 Å². The van der Waals surface area contributed by atoms with Crippen LogP contribution in [-0.4, -0.2) is 11.7 Å². The lowest BCUT2D eigenvalue weighted by atomic mass is 9.97. The van der Waals surface area contributed by atoms with Crippen LogP contribution in [0.15, 0.2) is 18.2 Å². The smallest absolute Gasteiger partial charge is 0.127 e. The Labute approximate surface area is 90.1 Å². The second-order valence-electron chi connectivity index (χ2n) is 4.98. The summed E-state index contributed by atoms with van der Waals surface area (Å²) in [6, 6.07) is 4.10. The minimum atomic E-state index is -0.400. The zero-order valence-electron chi connectivity index (χ0n) is 9.47. The molecule has 0 heterocycles. The number of benzene rings is 1. The molecule has 0 fully saturated rings. The molecule has 0 spiro atoms. The second-order valence-corrected chi connectivity index (χ2v) is 4.98. The third-order valence-electron chi connectivity index (χ3n) is 1.93. The molecule has 0 unspecified atom stereocenters. The minimum Gasteiger partial charge on any atom is -0.508 e. The summed E-state index contributed by atoms with van der Waals surface area (Å²) in [7, 11) is 0. The number of phenols is 1. The van der Waals surface area contributed by atoms with Crippen LogP contribution in [0.2, 0.25) is 0 Å². The molecular weight excluding hydrogens is 193 g/mol. The van der Waals surface area contributed by atoms with Crippen LogP contribution >= 0.6 is 0 Å². The molecule has 0 aliphatic carbocycles. The van der Waals surface area contributed by atoms with Gasteiger partial charge in [0.2, 0.25) is 0 Å². The van der Waals surface area contributed by atoms with Crippen LogP contribution in [0.25, 0.3) is 0 Å².